The van der Waals surface area contributed by atoms with Gasteiger partial charge in [-0.2, -0.15) is 0 Å². The van der Waals surface area contributed by atoms with E-state index >= 15 is 0 Å². The zero-order valence-electron chi connectivity index (χ0n) is 9.77. The third-order valence-corrected chi connectivity index (χ3v) is 3.71. The van der Waals surface area contributed by atoms with Crippen LogP contribution in [0.25, 0.3) is 0 Å². The highest BCUT2D eigenvalue weighted by Crippen LogP contribution is 2.21. The molecule has 0 fully saturated rings. The molecular weight excluding hydrogens is 238 g/mol. The predicted molar refractivity (Wildman–Crippen MR) is 65.4 cm³/mol. The first kappa shape index (κ1) is 12.3. The van der Waals surface area contributed by atoms with Gasteiger partial charge < -0.3 is 4.74 Å². The molecule has 5 heteroatoms. The topological polar surface area (TPSA) is 46.6 Å². The van der Waals surface area contributed by atoms with Crippen LogP contribution in [0.3, 0.4) is 0 Å². The van der Waals surface area contributed by atoms with Crippen LogP contribution in [0.5, 0.6) is 0 Å². The molecule has 0 saturated carbocycles. The molecule has 0 saturated heterocycles. The van der Waals surface area contributed by atoms with Gasteiger partial charge in [0.25, 0.3) is 0 Å². The van der Waals surface area contributed by atoms with E-state index in [4.69, 9.17) is 4.74 Å². The summed E-state index contributed by atoms with van der Waals surface area (Å²) >= 11 is 1.61. The van der Waals surface area contributed by atoms with Crippen LogP contribution >= 0.6 is 11.3 Å². The van der Waals surface area contributed by atoms with Crippen molar-refractivity contribution in [2.24, 2.45) is 0 Å². The molecule has 17 heavy (non-hydrogen) atoms. The lowest BCUT2D eigenvalue weighted by Crippen LogP contribution is -2.35. The smallest absolute Gasteiger partial charge is 0.320 e. The van der Waals surface area contributed by atoms with E-state index in [0.29, 0.717) is 13.2 Å². The second kappa shape index (κ2) is 5.42. The maximum atomic E-state index is 11.9. The maximum Gasteiger partial charge on any atom is 0.320 e. The molecule has 2 rings (SSSR count). The summed E-state index contributed by atoms with van der Waals surface area (Å²) in [6, 6.07) is 1.87. The van der Waals surface area contributed by atoms with Gasteiger partial charge in [-0.3, -0.25) is 14.5 Å². The normalized spacial score (nSPS) is 16.4. The molecule has 0 N–H and O–H groups in total. The van der Waals surface area contributed by atoms with Crippen LogP contribution in [0.4, 0.5) is 0 Å². The number of ether oxygens (including phenoxy) is 1. The lowest BCUT2D eigenvalue weighted by Gasteiger charge is -2.17. The Labute approximate surface area is 104 Å². The number of carbonyl (C=O) groups excluding carboxylic acids is 2. The van der Waals surface area contributed by atoms with Crippen molar-refractivity contribution in [2.75, 3.05) is 26.2 Å². The number of nitrogens with zero attached hydrogens (tertiary/aromatic N) is 1. The van der Waals surface area contributed by atoms with Gasteiger partial charge in [-0.25, -0.2) is 0 Å². The van der Waals surface area contributed by atoms with Crippen LogP contribution < -0.4 is 0 Å². The molecule has 0 amide bonds. The fraction of sp³-hybridized carbons (Fsp3) is 0.500. The molecule has 1 aliphatic heterocycles. The van der Waals surface area contributed by atoms with Crippen LogP contribution in [0.2, 0.25) is 0 Å². The molecule has 0 unspecified atom stereocenters. The summed E-state index contributed by atoms with van der Waals surface area (Å²) < 4.78 is 4.89. The maximum absolute atomic E-state index is 11.9. The van der Waals surface area contributed by atoms with E-state index in [1.807, 2.05) is 16.3 Å². The predicted octanol–water partition coefficient (Wildman–Crippen LogP) is 1.35. The number of fused-ring (bicyclic) bond motifs is 1. The van der Waals surface area contributed by atoms with E-state index in [9.17, 15) is 9.59 Å². The summed E-state index contributed by atoms with van der Waals surface area (Å²) in [5.41, 5.74) is 0.821. The summed E-state index contributed by atoms with van der Waals surface area (Å²) in [7, 11) is 0. The van der Waals surface area contributed by atoms with E-state index in [1.165, 1.54) is 0 Å². The number of Topliss-reactive ketones (excluding diaryl/α,β-unsaturated/α-hetero) is 1. The molecule has 1 aromatic heterocycles. The van der Waals surface area contributed by atoms with Crippen molar-refractivity contribution in [3.63, 3.8) is 0 Å². The van der Waals surface area contributed by atoms with Crippen molar-refractivity contribution < 1.29 is 14.3 Å². The van der Waals surface area contributed by atoms with Gasteiger partial charge in [0, 0.05) is 17.0 Å². The van der Waals surface area contributed by atoms with E-state index in [2.05, 4.69) is 0 Å². The minimum absolute atomic E-state index is 0.100. The lowest BCUT2D eigenvalue weighted by molar-refractivity contribution is -0.144. The fourth-order valence-corrected chi connectivity index (χ4v) is 2.82. The molecule has 0 aromatic carbocycles. The largest absolute Gasteiger partial charge is 0.465 e. The van der Waals surface area contributed by atoms with Gasteiger partial charge in [-0.15, -0.1) is 11.3 Å². The van der Waals surface area contributed by atoms with Crippen LogP contribution in [0, 0.1) is 0 Å². The van der Waals surface area contributed by atoms with Crippen molar-refractivity contribution in [1.29, 1.82) is 0 Å². The van der Waals surface area contributed by atoms with Crippen molar-refractivity contribution in [3.05, 3.63) is 21.9 Å². The summed E-state index contributed by atoms with van der Waals surface area (Å²) in [6.07, 6.45) is 0.831. The zero-order chi connectivity index (χ0) is 12.3. The molecule has 4 nitrogen and oxygen atoms in total. The Hall–Kier alpha value is -1.20. The highest BCUT2D eigenvalue weighted by Gasteiger charge is 2.23. The number of hydrogen-bond donors (Lipinski definition) is 0. The van der Waals surface area contributed by atoms with Crippen molar-refractivity contribution in [2.45, 2.75) is 13.3 Å². The van der Waals surface area contributed by atoms with Gasteiger partial charge in [0.05, 0.1) is 19.7 Å². The summed E-state index contributed by atoms with van der Waals surface area (Å²) in [5.74, 6) is -0.159. The molecule has 0 atom stereocenters. The minimum Gasteiger partial charge on any atom is -0.465 e. The van der Waals surface area contributed by atoms with Crippen LogP contribution in [0.1, 0.15) is 22.2 Å². The average molecular weight is 253 g/mol. The first-order valence-corrected chi connectivity index (χ1v) is 6.56. The van der Waals surface area contributed by atoms with Crippen LogP contribution in [0.15, 0.2) is 11.4 Å². The first-order chi connectivity index (χ1) is 8.20. The van der Waals surface area contributed by atoms with E-state index in [-0.39, 0.29) is 18.3 Å². The molecule has 0 spiro atoms. The summed E-state index contributed by atoms with van der Waals surface area (Å²) in [4.78, 5) is 26.3. The summed E-state index contributed by atoms with van der Waals surface area (Å²) in [6.45, 7) is 3.41. The Bertz CT molecular complexity index is 427. The Morgan fingerprint density at radius 1 is 1.59 bits per heavy atom. The fourth-order valence-electron chi connectivity index (χ4n) is 1.93. The number of ketones is 1. The van der Waals surface area contributed by atoms with E-state index in [0.717, 1.165) is 23.4 Å². The Balaban J connectivity index is 1.99. The third kappa shape index (κ3) is 2.92. The zero-order valence-corrected chi connectivity index (χ0v) is 10.6. The molecule has 1 aromatic rings. The monoisotopic (exact) mass is 253 g/mol. The molecule has 1 aliphatic rings. The van der Waals surface area contributed by atoms with Crippen molar-refractivity contribution >= 4 is 23.1 Å². The van der Waals surface area contributed by atoms with Crippen LogP contribution in [-0.2, 0) is 16.0 Å². The summed E-state index contributed by atoms with van der Waals surface area (Å²) in [5, 5.41) is 1.95. The van der Waals surface area contributed by atoms with Gasteiger partial charge in [-0.05, 0) is 24.8 Å². The second-order valence-electron chi connectivity index (χ2n) is 3.95. The standard InChI is InChI=1S/C12H15NO3S/c1-2-16-12(15)8-13-5-3-11-9(4-6-17-11)10(14)7-13/h4,6H,2-3,5,7-8H2,1H3. The molecular formula is C12H15NO3S. The Morgan fingerprint density at radius 2 is 2.41 bits per heavy atom. The number of thiophene rings is 1. The van der Waals surface area contributed by atoms with Crippen molar-refractivity contribution in [3.8, 4) is 0 Å². The van der Waals surface area contributed by atoms with Gasteiger partial charge in [0.15, 0.2) is 5.78 Å². The van der Waals surface area contributed by atoms with Gasteiger partial charge in [0.1, 0.15) is 0 Å². The molecule has 0 radical (unpaired) electrons. The van der Waals surface area contributed by atoms with Crippen molar-refractivity contribution in [1.82, 2.24) is 4.90 Å². The first-order valence-electron chi connectivity index (χ1n) is 5.68. The molecule has 2 heterocycles. The molecule has 92 valence electrons. The van der Waals surface area contributed by atoms with E-state index in [1.54, 1.807) is 18.3 Å². The minimum atomic E-state index is -0.259. The molecule has 0 bridgehead atoms. The highest BCUT2D eigenvalue weighted by atomic mass is 32.1. The number of esters is 1. The number of carbonyl (C=O) groups is 2. The number of rotatable bonds is 3. The quantitative estimate of drug-likeness (QED) is 0.763. The van der Waals surface area contributed by atoms with Gasteiger partial charge in [-0.1, -0.05) is 0 Å². The van der Waals surface area contributed by atoms with Gasteiger partial charge >= 0.3 is 5.97 Å². The third-order valence-electron chi connectivity index (χ3n) is 2.73. The Morgan fingerprint density at radius 3 is 3.18 bits per heavy atom. The van der Waals surface area contributed by atoms with Crippen LogP contribution in [-0.4, -0.2) is 42.9 Å². The Kier molecular flexibility index (Phi) is 3.91. The van der Waals surface area contributed by atoms with Gasteiger partial charge in [0.2, 0.25) is 0 Å². The highest BCUT2D eigenvalue weighted by molar-refractivity contribution is 7.10. The number of hydrogen-bond acceptors (Lipinski definition) is 5. The average Bonchev–Trinajstić information content (AvgIpc) is 2.69. The van der Waals surface area contributed by atoms with E-state index < -0.39 is 0 Å². The SMILES string of the molecule is CCOC(=O)CN1CCc2sccc2C(=O)C1. The molecule has 0 aliphatic carbocycles. The lowest BCUT2D eigenvalue weighted by atomic mass is 10.1. The second-order valence-corrected chi connectivity index (χ2v) is 4.95.